The number of nitrogens with zero attached hydrogens (tertiary/aromatic N) is 1. The summed E-state index contributed by atoms with van der Waals surface area (Å²) < 4.78 is 0. The van der Waals surface area contributed by atoms with E-state index in [-0.39, 0.29) is 23.2 Å². The molecule has 0 radical (unpaired) electrons. The molecular formula is C13H9NO6. The van der Waals surface area contributed by atoms with Gasteiger partial charge < -0.3 is 10.2 Å². The van der Waals surface area contributed by atoms with Crippen LogP contribution in [-0.2, 0) is 14.4 Å². The van der Waals surface area contributed by atoms with E-state index in [9.17, 15) is 19.2 Å². The van der Waals surface area contributed by atoms with Crippen LogP contribution in [0.4, 0.5) is 5.69 Å². The number of anilines is 1. The summed E-state index contributed by atoms with van der Waals surface area (Å²) in [5.41, 5.74) is 0.123. The molecule has 1 aliphatic heterocycles. The number of benzene rings is 1. The van der Waals surface area contributed by atoms with Crippen molar-refractivity contribution in [3.05, 3.63) is 41.5 Å². The molecule has 0 saturated carbocycles. The molecule has 1 aliphatic rings. The van der Waals surface area contributed by atoms with E-state index in [0.717, 1.165) is 4.90 Å². The standard InChI is InChI=1S/C13H9NO6/c15-10-5-8(6-11(16)17)12(18)14(10)9-3-1-7(2-4-9)13(19)20/h1-4,6H,5H2,(H,16,17)(H,19,20). The van der Waals surface area contributed by atoms with Crippen molar-refractivity contribution < 1.29 is 29.4 Å². The molecule has 2 rings (SSSR count). The predicted octanol–water partition coefficient (Wildman–Crippen LogP) is 0.659. The molecule has 0 bridgehead atoms. The number of carboxylic acids is 2. The summed E-state index contributed by atoms with van der Waals surface area (Å²) in [4.78, 5) is 45.8. The quantitative estimate of drug-likeness (QED) is 0.619. The van der Waals surface area contributed by atoms with Crippen LogP contribution in [0.15, 0.2) is 35.9 Å². The molecule has 1 aromatic rings. The molecule has 0 spiro atoms. The van der Waals surface area contributed by atoms with Gasteiger partial charge >= 0.3 is 11.9 Å². The van der Waals surface area contributed by atoms with E-state index in [1.807, 2.05) is 0 Å². The first-order valence-electron chi connectivity index (χ1n) is 5.54. The predicted molar refractivity (Wildman–Crippen MR) is 66.2 cm³/mol. The molecule has 20 heavy (non-hydrogen) atoms. The molecular weight excluding hydrogens is 266 g/mol. The first-order valence-corrected chi connectivity index (χ1v) is 5.54. The van der Waals surface area contributed by atoms with Crippen molar-refractivity contribution >= 4 is 29.4 Å². The Kier molecular flexibility index (Phi) is 3.34. The van der Waals surface area contributed by atoms with Crippen molar-refractivity contribution in [2.24, 2.45) is 0 Å². The van der Waals surface area contributed by atoms with E-state index >= 15 is 0 Å². The van der Waals surface area contributed by atoms with E-state index < -0.39 is 23.8 Å². The number of hydrogen-bond acceptors (Lipinski definition) is 4. The zero-order valence-corrected chi connectivity index (χ0v) is 10.1. The molecule has 0 unspecified atom stereocenters. The van der Waals surface area contributed by atoms with Crippen LogP contribution in [0.5, 0.6) is 0 Å². The smallest absolute Gasteiger partial charge is 0.335 e. The van der Waals surface area contributed by atoms with Crippen molar-refractivity contribution in [3.8, 4) is 0 Å². The molecule has 1 aromatic carbocycles. The van der Waals surface area contributed by atoms with Crippen molar-refractivity contribution in [1.29, 1.82) is 0 Å². The van der Waals surface area contributed by atoms with Crippen LogP contribution in [0.3, 0.4) is 0 Å². The van der Waals surface area contributed by atoms with Crippen molar-refractivity contribution in [1.82, 2.24) is 0 Å². The van der Waals surface area contributed by atoms with Crippen LogP contribution in [0.25, 0.3) is 0 Å². The van der Waals surface area contributed by atoms with Gasteiger partial charge in [0.2, 0.25) is 5.91 Å². The minimum Gasteiger partial charge on any atom is -0.478 e. The summed E-state index contributed by atoms with van der Waals surface area (Å²) in [5, 5.41) is 17.4. The third-order valence-corrected chi connectivity index (χ3v) is 2.74. The van der Waals surface area contributed by atoms with Crippen LogP contribution in [0, 0.1) is 0 Å². The zero-order valence-electron chi connectivity index (χ0n) is 10.1. The lowest BCUT2D eigenvalue weighted by Crippen LogP contribution is -2.29. The molecule has 0 aliphatic carbocycles. The summed E-state index contributed by atoms with van der Waals surface area (Å²) in [6, 6.07) is 5.17. The number of carboxylic acid groups (broad SMARTS) is 2. The summed E-state index contributed by atoms with van der Waals surface area (Å²) >= 11 is 0. The molecule has 1 fully saturated rings. The Bertz CT molecular complexity index is 643. The van der Waals surface area contributed by atoms with Gasteiger partial charge in [-0.3, -0.25) is 9.59 Å². The lowest BCUT2D eigenvalue weighted by molar-refractivity contribution is -0.131. The van der Waals surface area contributed by atoms with E-state index in [0.29, 0.717) is 6.08 Å². The van der Waals surface area contributed by atoms with Gasteiger partial charge in [0.1, 0.15) is 0 Å². The second kappa shape index (κ2) is 4.96. The van der Waals surface area contributed by atoms with Gasteiger partial charge in [0, 0.05) is 11.6 Å². The number of amides is 2. The number of carbonyl (C=O) groups excluding carboxylic acids is 2. The SMILES string of the molecule is O=C(O)C=C1CC(=O)N(c2ccc(C(=O)O)cc2)C1=O. The Morgan fingerprint density at radius 1 is 1.10 bits per heavy atom. The Labute approximate surface area is 112 Å². The highest BCUT2D eigenvalue weighted by molar-refractivity contribution is 6.29. The molecule has 7 heteroatoms. The number of aromatic carboxylic acids is 1. The minimum atomic E-state index is -1.30. The Balaban J connectivity index is 2.33. The fourth-order valence-corrected chi connectivity index (χ4v) is 1.85. The van der Waals surface area contributed by atoms with Gasteiger partial charge in [-0.15, -0.1) is 0 Å². The molecule has 2 N–H and O–H groups in total. The maximum atomic E-state index is 11.9. The van der Waals surface area contributed by atoms with Gasteiger partial charge in [0.15, 0.2) is 0 Å². The second-order valence-electron chi connectivity index (χ2n) is 4.07. The van der Waals surface area contributed by atoms with Crippen LogP contribution >= 0.6 is 0 Å². The summed E-state index contributed by atoms with van der Waals surface area (Å²) in [6.45, 7) is 0. The second-order valence-corrected chi connectivity index (χ2v) is 4.07. The number of aliphatic carboxylic acids is 1. The molecule has 1 heterocycles. The molecule has 1 saturated heterocycles. The molecule has 0 aromatic heterocycles. The van der Waals surface area contributed by atoms with Crippen molar-refractivity contribution in [2.45, 2.75) is 6.42 Å². The third-order valence-electron chi connectivity index (χ3n) is 2.74. The van der Waals surface area contributed by atoms with E-state index in [1.54, 1.807) is 0 Å². The van der Waals surface area contributed by atoms with Gasteiger partial charge in [-0.2, -0.15) is 0 Å². The van der Waals surface area contributed by atoms with E-state index in [1.165, 1.54) is 24.3 Å². The third kappa shape index (κ3) is 2.41. The minimum absolute atomic E-state index is 0.0224. The number of imide groups is 1. The Morgan fingerprint density at radius 3 is 2.20 bits per heavy atom. The van der Waals surface area contributed by atoms with Crippen LogP contribution in [0.1, 0.15) is 16.8 Å². The fourth-order valence-electron chi connectivity index (χ4n) is 1.85. The summed E-state index contributed by atoms with van der Waals surface area (Å²) in [7, 11) is 0. The lowest BCUT2D eigenvalue weighted by atomic mass is 10.2. The maximum absolute atomic E-state index is 11.9. The van der Waals surface area contributed by atoms with Crippen molar-refractivity contribution in [2.75, 3.05) is 4.90 Å². The largest absolute Gasteiger partial charge is 0.478 e. The van der Waals surface area contributed by atoms with Crippen LogP contribution < -0.4 is 4.90 Å². The van der Waals surface area contributed by atoms with E-state index in [2.05, 4.69) is 0 Å². The van der Waals surface area contributed by atoms with E-state index in [4.69, 9.17) is 10.2 Å². The number of rotatable bonds is 3. The topological polar surface area (TPSA) is 112 Å². The fraction of sp³-hybridized carbons (Fsp3) is 0.0769. The van der Waals surface area contributed by atoms with Crippen molar-refractivity contribution in [3.63, 3.8) is 0 Å². The van der Waals surface area contributed by atoms with Gasteiger partial charge in [-0.05, 0) is 24.3 Å². The summed E-state index contributed by atoms with van der Waals surface area (Å²) in [6.07, 6.45) is 0.414. The number of hydrogen-bond donors (Lipinski definition) is 2. The maximum Gasteiger partial charge on any atom is 0.335 e. The first kappa shape index (κ1) is 13.5. The van der Waals surface area contributed by atoms with Crippen LogP contribution in [0.2, 0.25) is 0 Å². The summed E-state index contributed by atoms with van der Waals surface area (Å²) in [5.74, 6) is -3.68. The Hall–Kier alpha value is -2.96. The molecule has 102 valence electrons. The Morgan fingerprint density at radius 2 is 1.70 bits per heavy atom. The first-order chi connectivity index (χ1) is 9.40. The highest BCUT2D eigenvalue weighted by atomic mass is 16.4. The monoisotopic (exact) mass is 275 g/mol. The van der Waals surface area contributed by atoms with Gasteiger partial charge in [-0.25, -0.2) is 14.5 Å². The zero-order chi connectivity index (χ0) is 14.9. The normalized spacial score (nSPS) is 16.8. The average Bonchev–Trinajstić information content (AvgIpc) is 2.64. The van der Waals surface area contributed by atoms with Gasteiger partial charge in [-0.1, -0.05) is 0 Å². The van der Waals surface area contributed by atoms with Gasteiger partial charge in [0.05, 0.1) is 17.7 Å². The molecule has 0 atom stereocenters. The average molecular weight is 275 g/mol. The molecule has 2 amide bonds. The van der Waals surface area contributed by atoms with Crippen LogP contribution in [-0.4, -0.2) is 34.0 Å². The molecule has 7 nitrogen and oxygen atoms in total. The lowest BCUT2D eigenvalue weighted by Gasteiger charge is -2.13. The number of carbonyl (C=O) groups is 4. The highest BCUT2D eigenvalue weighted by Gasteiger charge is 2.35. The highest BCUT2D eigenvalue weighted by Crippen LogP contribution is 2.26. The van der Waals surface area contributed by atoms with Gasteiger partial charge in [0.25, 0.3) is 5.91 Å².